The van der Waals surface area contributed by atoms with E-state index in [9.17, 15) is 4.79 Å². The fourth-order valence-electron chi connectivity index (χ4n) is 10.7. The molecule has 0 saturated heterocycles. The SMILES string of the molecule is CC(=O)O[C@@H]1C[C@@H]2[C@@H]3CC[C@H]([C@H](C)CCCC(C)C)[C@]3(C)CC[C@@H]2[C@]2(C)CC[C@@H]3C[C@]312. The summed E-state index contributed by atoms with van der Waals surface area (Å²) < 4.78 is 6.16. The minimum Gasteiger partial charge on any atom is -0.462 e. The minimum absolute atomic E-state index is 0.0423. The third kappa shape index (κ3) is 3.12. The number of carbonyl (C=O) groups excluding carboxylic acids is 1. The first-order valence-corrected chi connectivity index (χ1v) is 13.8. The highest BCUT2D eigenvalue weighted by Crippen LogP contribution is 2.82. The molecule has 5 rings (SSSR count). The summed E-state index contributed by atoms with van der Waals surface area (Å²) in [6.45, 7) is 14.2. The van der Waals surface area contributed by atoms with Crippen molar-refractivity contribution in [3.05, 3.63) is 0 Å². The first-order valence-electron chi connectivity index (χ1n) is 13.8. The van der Waals surface area contributed by atoms with E-state index in [1.807, 2.05) is 0 Å². The van der Waals surface area contributed by atoms with Gasteiger partial charge < -0.3 is 4.74 Å². The molecule has 0 N–H and O–H groups in total. The molecule has 10 atom stereocenters. The van der Waals surface area contributed by atoms with Crippen LogP contribution in [0, 0.1) is 57.7 Å². The van der Waals surface area contributed by atoms with Crippen LogP contribution in [0.15, 0.2) is 0 Å². The van der Waals surface area contributed by atoms with Crippen molar-refractivity contribution >= 4 is 5.97 Å². The van der Waals surface area contributed by atoms with Gasteiger partial charge in [-0.05, 0) is 104 Å². The van der Waals surface area contributed by atoms with Crippen LogP contribution in [0.25, 0.3) is 0 Å². The number of rotatable bonds is 6. The van der Waals surface area contributed by atoms with Crippen LogP contribution < -0.4 is 0 Å². The lowest BCUT2D eigenvalue weighted by Crippen LogP contribution is -2.57. The topological polar surface area (TPSA) is 26.3 Å². The van der Waals surface area contributed by atoms with Crippen LogP contribution in [0.1, 0.15) is 112 Å². The van der Waals surface area contributed by atoms with E-state index in [-0.39, 0.29) is 12.1 Å². The molecular formula is C29H48O2. The summed E-state index contributed by atoms with van der Waals surface area (Å²) in [7, 11) is 0. The Morgan fingerprint density at radius 1 is 1.00 bits per heavy atom. The van der Waals surface area contributed by atoms with Gasteiger partial charge in [0, 0.05) is 12.3 Å². The summed E-state index contributed by atoms with van der Waals surface area (Å²) in [5.41, 5.74) is 1.28. The van der Waals surface area contributed by atoms with Crippen molar-refractivity contribution < 1.29 is 9.53 Å². The third-order valence-corrected chi connectivity index (χ3v) is 12.1. The van der Waals surface area contributed by atoms with Gasteiger partial charge in [0.05, 0.1) is 0 Å². The number of ether oxygens (including phenoxy) is 1. The quantitative estimate of drug-likeness (QED) is 0.406. The summed E-state index contributed by atoms with van der Waals surface area (Å²) in [6, 6.07) is 0. The number of hydrogen-bond acceptors (Lipinski definition) is 2. The maximum atomic E-state index is 12.1. The summed E-state index contributed by atoms with van der Waals surface area (Å²) in [6.07, 6.45) is 15.4. The van der Waals surface area contributed by atoms with Gasteiger partial charge in [-0.3, -0.25) is 4.79 Å². The van der Waals surface area contributed by atoms with Gasteiger partial charge in [-0.2, -0.15) is 0 Å². The van der Waals surface area contributed by atoms with Crippen LogP contribution in [-0.2, 0) is 9.53 Å². The maximum Gasteiger partial charge on any atom is 0.302 e. The molecule has 0 amide bonds. The molecule has 0 aromatic rings. The molecule has 176 valence electrons. The highest BCUT2D eigenvalue weighted by atomic mass is 16.5. The van der Waals surface area contributed by atoms with E-state index in [2.05, 4.69) is 34.6 Å². The zero-order valence-electron chi connectivity index (χ0n) is 21.2. The van der Waals surface area contributed by atoms with Crippen molar-refractivity contribution in [3.63, 3.8) is 0 Å². The van der Waals surface area contributed by atoms with Crippen LogP contribution in [0.3, 0.4) is 0 Å². The maximum absolute atomic E-state index is 12.1. The highest BCUT2D eigenvalue weighted by molar-refractivity contribution is 5.66. The van der Waals surface area contributed by atoms with E-state index in [4.69, 9.17) is 4.74 Å². The Morgan fingerprint density at radius 3 is 2.45 bits per heavy atom. The van der Waals surface area contributed by atoms with Gasteiger partial charge in [0.2, 0.25) is 0 Å². The number of carbonyl (C=O) groups is 1. The van der Waals surface area contributed by atoms with E-state index in [1.165, 1.54) is 70.6 Å². The highest BCUT2D eigenvalue weighted by Gasteiger charge is 2.78. The van der Waals surface area contributed by atoms with Gasteiger partial charge in [-0.1, -0.05) is 53.9 Å². The smallest absolute Gasteiger partial charge is 0.302 e. The molecule has 5 fully saturated rings. The molecule has 5 aliphatic rings. The van der Waals surface area contributed by atoms with E-state index >= 15 is 0 Å². The Hall–Kier alpha value is -0.530. The molecule has 2 nitrogen and oxygen atoms in total. The van der Waals surface area contributed by atoms with E-state index < -0.39 is 0 Å². The minimum atomic E-state index is -0.0423. The number of hydrogen-bond donors (Lipinski definition) is 0. The van der Waals surface area contributed by atoms with Crippen molar-refractivity contribution in [2.75, 3.05) is 0 Å². The molecule has 0 aromatic carbocycles. The van der Waals surface area contributed by atoms with Gasteiger partial charge >= 0.3 is 5.97 Å². The molecule has 0 radical (unpaired) electrons. The van der Waals surface area contributed by atoms with Gasteiger partial charge in [-0.25, -0.2) is 0 Å². The zero-order chi connectivity index (χ0) is 22.2. The second-order valence-electron chi connectivity index (χ2n) is 13.6. The van der Waals surface area contributed by atoms with Crippen molar-refractivity contribution in [2.45, 2.75) is 118 Å². The van der Waals surface area contributed by atoms with E-state index in [1.54, 1.807) is 6.92 Å². The molecular weight excluding hydrogens is 380 g/mol. The van der Waals surface area contributed by atoms with Gasteiger partial charge in [0.25, 0.3) is 0 Å². The van der Waals surface area contributed by atoms with Crippen molar-refractivity contribution in [3.8, 4) is 0 Å². The fourth-order valence-corrected chi connectivity index (χ4v) is 10.7. The molecule has 0 unspecified atom stereocenters. The van der Waals surface area contributed by atoms with Gasteiger partial charge in [-0.15, -0.1) is 0 Å². The molecule has 0 aliphatic heterocycles. The van der Waals surface area contributed by atoms with Gasteiger partial charge in [0.15, 0.2) is 0 Å². The summed E-state index contributed by atoms with van der Waals surface area (Å²) >= 11 is 0. The summed E-state index contributed by atoms with van der Waals surface area (Å²) in [4.78, 5) is 12.1. The van der Waals surface area contributed by atoms with Crippen LogP contribution in [-0.4, -0.2) is 12.1 Å². The van der Waals surface area contributed by atoms with Crippen molar-refractivity contribution in [1.29, 1.82) is 0 Å². The van der Waals surface area contributed by atoms with Crippen LogP contribution in [0.2, 0.25) is 0 Å². The molecule has 2 heteroatoms. The average molecular weight is 429 g/mol. The Balaban J connectivity index is 1.37. The Bertz CT molecular complexity index is 714. The number of fused-ring (bicyclic) bond motifs is 4. The first-order chi connectivity index (χ1) is 14.6. The summed E-state index contributed by atoms with van der Waals surface area (Å²) in [5, 5.41) is 0. The Kier molecular flexibility index (Phi) is 5.38. The zero-order valence-corrected chi connectivity index (χ0v) is 21.2. The average Bonchev–Trinajstić information content (AvgIpc) is 3.20. The Morgan fingerprint density at radius 2 is 1.77 bits per heavy atom. The van der Waals surface area contributed by atoms with E-state index in [0.29, 0.717) is 16.2 Å². The predicted octanol–water partition coefficient (Wildman–Crippen LogP) is 7.65. The Labute approximate surface area is 191 Å². The van der Waals surface area contributed by atoms with Crippen LogP contribution in [0.5, 0.6) is 0 Å². The van der Waals surface area contributed by atoms with E-state index in [0.717, 1.165) is 41.4 Å². The lowest BCUT2D eigenvalue weighted by Gasteiger charge is -2.60. The molecule has 1 spiro atoms. The normalized spacial score (nSPS) is 50.9. The largest absolute Gasteiger partial charge is 0.462 e. The number of esters is 1. The first kappa shape index (κ1) is 22.3. The molecule has 0 bridgehead atoms. The second-order valence-corrected chi connectivity index (χ2v) is 13.6. The van der Waals surface area contributed by atoms with Crippen LogP contribution in [0.4, 0.5) is 0 Å². The molecule has 5 aliphatic carbocycles. The predicted molar refractivity (Wildman–Crippen MR) is 126 cm³/mol. The molecule has 5 saturated carbocycles. The lowest BCUT2D eigenvalue weighted by molar-refractivity contribution is -0.182. The van der Waals surface area contributed by atoms with Crippen LogP contribution >= 0.6 is 0 Å². The molecule has 31 heavy (non-hydrogen) atoms. The fraction of sp³-hybridized carbons (Fsp3) is 0.966. The third-order valence-electron chi connectivity index (χ3n) is 12.1. The molecule has 0 heterocycles. The van der Waals surface area contributed by atoms with Crippen molar-refractivity contribution in [2.24, 2.45) is 57.7 Å². The van der Waals surface area contributed by atoms with Crippen molar-refractivity contribution in [1.82, 2.24) is 0 Å². The summed E-state index contributed by atoms with van der Waals surface area (Å²) in [5.74, 6) is 5.91. The molecule has 0 aromatic heterocycles. The lowest BCUT2D eigenvalue weighted by atomic mass is 9.45. The second kappa shape index (κ2) is 7.49. The monoisotopic (exact) mass is 428 g/mol. The standard InChI is InChI=1S/C29H48O2/c1-18(2)8-7-9-19(3)23-10-11-24-22-16-26(31-20(4)30)29-17-21(29)12-15-28(29,6)25(22)13-14-27(23,24)5/h18-19,21-26H,7-17H2,1-6H3/t19-,21-,22-,23-,24+,25+,26-,27+,28+,29+/m1/s1. The van der Waals surface area contributed by atoms with Gasteiger partial charge in [0.1, 0.15) is 6.10 Å².